The van der Waals surface area contributed by atoms with Gasteiger partial charge in [0.1, 0.15) is 0 Å². The standard InChI is InChI=1S/C5H6NO3/c1-5(2)3(7)6-4(8)9-5/h1-2H3. The Morgan fingerprint density at radius 3 is 2.11 bits per heavy atom. The second-order valence-electron chi connectivity index (χ2n) is 2.30. The van der Waals surface area contributed by atoms with Crippen LogP contribution in [0.4, 0.5) is 4.79 Å². The summed E-state index contributed by atoms with van der Waals surface area (Å²) in [5, 5.41) is 3.04. The van der Waals surface area contributed by atoms with E-state index in [1.807, 2.05) is 0 Å². The predicted molar refractivity (Wildman–Crippen MR) is 27.7 cm³/mol. The van der Waals surface area contributed by atoms with Gasteiger partial charge in [0.25, 0.3) is 5.91 Å². The summed E-state index contributed by atoms with van der Waals surface area (Å²) in [7, 11) is 0. The molecule has 0 spiro atoms. The zero-order valence-electron chi connectivity index (χ0n) is 5.17. The number of carbonyl (C=O) groups is 2. The van der Waals surface area contributed by atoms with Crippen molar-refractivity contribution in [2.24, 2.45) is 0 Å². The molecule has 9 heavy (non-hydrogen) atoms. The molecule has 1 aliphatic rings. The summed E-state index contributed by atoms with van der Waals surface area (Å²) in [6, 6.07) is 0. The van der Waals surface area contributed by atoms with Crippen LogP contribution in [-0.4, -0.2) is 17.6 Å². The lowest BCUT2D eigenvalue weighted by molar-refractivity contribution is -0.128. The monoisotopic (exact) mass is 128 g/mol. The van der Waals surface area contributed by atoms with Gasteiger partial charge in [-0.15, -0.1) is 5.32 Å². The van der Waals surface area contributed by atoms with Gasteiger partial charge < -0.3 is 4.74 Å². The first-order valence-electron chi connectivity index (χ1n) is 2.51. The minimum atomic E-state index is -1.03. The highest BCUT2D eigenvalue weighted by Crippen LogP contribution is 2.15. The maximum atomic E-state index is 10.6. The van der Waals surface area contributed by atoms with E-state index in [4.69, 9.17) is 0 Å². The molecular weight excluding hydrogens is 122 g/mol. The molecule has 1 heterocycles. The third-order valence-corrected chi connectivity index (χ3v) is 1.05. The van der Waals surface area contributed by atoms with Crippen LogP contribution in [0, 0.1) is 0 Å². The van der Waals surface area contributed by atoms with E-state index in [1.54, 1.807) is 0 Å². The maximum absolute atomic E-state index is 10.6. The van der Waals surface area contributed by atoms with Crippen LogP contribution in [0.2, 0.25) is 0 Å². The summed E-state index contributed by atoms with van der Waals surface area (Å²) in [5.41, 5.74) is -1.03. The number of nitrogens with zero attached hydrogens (tertiary/aromatic N) is 1. The normalized spacial score (nSPS) is 23.3. The highest BCUT2D eigenvalue weighted by atomic mass is 16.6. The van der Waals surface area contributed by atoms with Gasteiger partial charge in [0.15, 0.2) is 5.60 Å². The van der Waals surface area contributed by atoms with Crippen LogP contribution in [0.3, 0.4) is 0 Å². The Balaban J connectivity index is 2.81. The van der Waals surface area contributed by atoms with E-state index >= 15 is 0 Å². The highest BCUT2D eigenvalue weighted by Gasteiger charge is 2.41. The van der Waals surface area contributed by atoms with Gasteiger partial charge in [-0.3, -0.25) is 4.79 Å². The quantitative estimate of drug-likeness (QED) is 0.463. The number of ether oxygens (including phenoxy) is 1. The third kappa shape index (κ3) is 0.872. The minimum Gasteiger partial charge on any atom is -0.432 e. The predicted octanol–water partition coefficient (Wildman–Crippen LogP) is 0.0462. The third-order valence-electron chi connectivity index (χ3n) is 1.05. The molecule has 0 unspecified atom stereocenters. The molecule has 0 atom stereocenters. The fourth-order valence-electron chi connectivity index (χ4n) is 0.502. The van der Waals surface area contributed by atoms with Crippen LogP contribution >= 0.6 is 0 Å². The van der Waals surface area contributed by atoms with Crippen molar-refractivity contribution in [1.29, 1.82) is 0 Å². The van der Waals surface area contributed by atoms with Gasteiger partial charge in [-0.1, -0.05) is 0 Å². The first-order chi connectivity index (χ1) is 4.02. The number of hydrogen-bond donors (Lipinski definition) is 0. The van der Waals surface area contributed by atoms with Crippen molar-refractivity contribution in [2.75, 3.05) is 0 Å². The molecule has 0 N–H and O–H groups in total. The number of amides is 2. The van der Waals surface area contributed by atoms with E-state index in [9.17, 15) is 9.59 Å². The van der Waals surface area contributed by atoms with Gasteiger partial charge >= 0.3 is 6.09 Å². The van der Waals surface area contributed by atoms with Gasteiger partial charge in [-0.25, -0.2) is 4.79 Å². The Morgan fingerprint density at radius 2 is 2.00 bits per heavy atom. The first-order valence-corrected chi connectivity index (χ1v) is 2.51. The number of rotatable bonds is 0. The van der Waals surface area contributed by atoms with Gasteiger partial charge in [-0.05, 0) is 13.8 Å². The van der Waals surface area contributed by atoms with Crippen LogP contribution in [-0.2, 0) is 9.53 Å². The Bertz CT molecular complexity index is 173. The molecule has 49 valence electrons. The largest absolute Gasteiger partial charge is 0.437 e. The van der Waals surface area contributed by atoms with Gasteiger partial charge in [0.2, 0.25) is 0 Å². The van der Waals surface area contributed by atoms with Crippen molar-refractivity contribution in [2.45, 2.75) is 19.4 Å². The maximum Gasteiger partial charge on any atom is 0.437 e. The molecule has 1 aliphatic heterocycles. The Kier molecular flexibility index (Phi) is 0.986. The number of hydrogen-bond acceptors (Lipinski definition) is 3. The zero-order valence-corrected chi connectivity index (χ0v) is 5.17. The lowest BCUT2D eigenvalue weighted by atomic mass is 10.1. The fraction of sp³-hybridized carbons (Fsp3) is 0.600. The molecule has 0 aliphatic carbocycles. The van der Waals surface area contributed by atoms with Crippen LogP contribution in [0.15, 0.2) is 0 Å². The molecule has 1 fully saturated rings. The van der Waals surface area contributed by atoms with Gasteiger partial charge in [-0.2, -0.15) is 0 Å². The van der Waals surface area contributed by atoms with E-state index < -0.39 is 17.6 Å². The average molecular weight is 128 g/mol. The van der Waals surface area contributed by atoms with Crippen molar-refractivity contribution in [1.82, 2.24) is 5.32 Å². The van der Waals surface area contributed by atoms with Gasteiger partial charge in [0, 0.05) is 0 Å². The van der Waals surface area contributed by atoms with Gasteiger partial charge in [0.05, 0.1) is 0 Å². The molecule has 1 rings (SSSR count). The number of carbonyl (C=O) groups excluding carboxylic acids is 2. The van der Waals surface area contributed by atoms with Crippen LogP contribution in [0.25, 0.3) is 0 Å². The van der Waals surface area contributed by atoms with Crippen LogP contribution in [0.1, 0.15) is 13.8 Å². The molecule has 0 bridgehead atoms. The summed E-state index contributed by atoms with van der Waals surface area (Å²) >= 11 is 0. The smallest absolute Gasteiger partial charge is 0.432 e. The highest BCUT2D eigenvalue weighted by molar-refractivity contribution is 6.01. The molecule has 1 radical (unpaired) electrons. The summed E-state index contributed by atoms with van der Waals surface area (Å²) in [6.45, 7) is 3.01. The minimum absolute atomic E-state index is 0.507. The van der Waals surface area contributed by atoms with Crippen molar-refractivity contribution in [3.05, 3.63) is 0 Å². The molecule has 0 aromatic carbocycles. The molecular formula is C5H6NO3. The van der Waals surface area contributed by atoms with E-state index in [0.29, 0.717) is 0 Å². The van der Waals surface area contributed by atoms with Crippen molar-refractivity contribution in [3.63, 3.8) is 0 Å². The second kappa shape index (κ2) is 1.46. The zero-order chi connectivity index (χ0) is 7.07. The van der Waals surface area contributed by atoms with E-state index in [1.165, 1.54) is 13.8 Å². The van der Waals surface area contributed by atoms with E-state index in [0.717, 1.165) is 0 Å². The number of cyclic esters (lactones) is 1. The van der Waals surface area contributed by atoms with E-state index in [-0.39, 0.29) is 0 Å². The molecule has 0 aromatic heterocycles. The lowest BCUT2D eigenvalue weighted by Crippen LogP contribution is -2.29. The van der Waals surface area contributed by atoms with E-state index in [2.05, 4.69) is 10.1 Å². The first kappa shape index (κ1) is 6.07. The lowest BCUT2D eigenvalue weighted by Gasteiger charge is -2.09. The Hall–Kier alpha value is -1.06. The molecule has 2 amide bonds. The Morgan fingerprint density at radius 1 is 1.44 bits per heavy atom. The molecule has 0 aromatic rings. The summed E-state index contributed by atoms with van der Waals surface area (Å²) < 4.78 is 4.51. The molecule has 1 saturated heterocycles. The summed E-state index contributed by atoms with van der Waals surface area (Å²) in [5.74, 6) is -0.507. The summed E-state index contributed by atoms with van der Waals surface area (Å²) in [4.78, 5) is 20.9. The topological polar surface area (TPSA) is 57.5 Å². The molecule has 0 saturated carbocycles. The van der Waals surface area contributed by atoms with Crippen molar-refractivity contribution < 1.29 is 14.3 Å². The molecule has 4 nitrogen and oxygen atoms in total. The fourth-order valence-corrected chi connectivity index (χ4v) is 0.502. The van der Waals surface area contributed by atoms with Crippen LogP contribution in [0.5, 0.6) is 0 Å². The second-order valence-corrected chi connectivity index (χ2v) is 2.30. The van der Waals surface area contributed by atoms with Crippen molar-refractivity contribution in [3.8, 4) is 0 Å². The summed E-state index contributed by atoms with van der Waals surface area (Å²) in [6.07, 6.45) is -0.787. The number of imide groups is 1. The molecule has 4 heteroatoms. The van der Waals surface area contributed by atoms with Crippen LogP contribution < -0.4 is 5.32 Å². The Labute approximate surface area is 52.2 Å². The van der Waals surface area contributed by atoms with Crippen molar-refractivity contribution >= 4 is 12.0 Å². The SMILES string of the molecule is CC1(C)OC(=O)[N]C1=O. The average Bonchev–Trinajstić information content (AvgIpc) is 1.79.